The minimum Gasteiger partial charge on any atom is -0.493 e. The summed E-state index contributed by atoms with van der Waals surface area (Å²) < 4.78 is 26.6. The van der Waals surface area contributed by atoms with E-state index >= 15 is 0 Å². The molecule has 0 unspecified atom stereocenters. The number of benzene rings is 3. The van der Waals surface area contributed by atoms with Crippen LogP contribution in [-0.2, 0) is 6.61 Å². The number of hydrogen-bond donors (Lipinski definition) is 0. The lowest BCUT2D eigenvalue weighted by atomic mass is 10.2. The van der Waals surface area contributed by atoms with Crippen molar-refractivity contribution >= 4 is 33.4 Å². The largest absolute Gasteiger partial charge is 0.493 e. The monoisotopic (exact) mass is 432 g/mol. The molecule has 3 aromatic carbocycles. The first-order valence-electron chi connectivity index (χ1n) is 9.59. The summed E-state index contributed by atoms with van der Waals surface area (Å²) in [4.78, 5) is 18.1. The van der Waals surface area contributed by atoms with Crippen LogP contribution in [0.5, 0.6) is 11.5 Å². The van der Waals surface area contributed by atoms with Gasteiger partial charge in [0, 0.05) is 0 Å². The third kappa shape index (κ3) is 3.64. The van der Waals surface area contributed by atoms with E-state index in [0.717, 1.165) is 22.2 Å². The van der Waals surface area contributed by atoms with Crippen molar-refractivity contribution in [1.82, 2.24) is 9.38 Å². The van der Waals surface area contributed by atoms with E-state index in [-0.39, 0.29) is 11.4 Å². The number of aromatic nitrogens is 2. The quantitative estimate of drug-likeness (QED) is 0.418. The molecule has 5 nitrogen and oxygen atoms in total. The standard InChI is InChI=1S/C24H17FN2O3S/c1-29-21-12-16(8-11-20(21)30-14-15-6-9-17(25)10-7-15)13-22-23(28)27-19-5-3-2-4-18(19)26-24(27)31-22/h2-13H,14H2,1H3. The molecule has 0 saturated carbocycles. The molecule has 5 aromatic rings. The number of para-hydroxylation sites is 2. The molecule has 5 rings (SSSR count). The molecule has 2 heterocycles. The van der Waals surface area contributed by atoms with Crippen molar-refractivity contribution in [3.8, 4) is 11.5 Å². The van der Waals surface area contributed by atoms with Gasteiger partial charge < -0.3 is 9.47 Å². The highest BCUT2D eigenvalue weighted by molar-refractivity contribution is 7.15. The fourth-order valence-corrected chi connectivity index (χ4v) is 4.39. The van der Waals surface area contributed by atoms with Gasteiger partial charge in [-0.25, -0.2) is 13.8 Å². The summed E-state index contributed by atoms with van der Waals surface area (Å²) in [5.74, 6) is 0.835. The van der Waals surface area contributed by atoms with Crippen LogP contribution in [0.3, 0.4) is 0 Å². The van der Waals surface area contributed by atoms with Crippen LogP contribution in [0.2, 0.25) is 0 Å². The van der Waals surface area contributed by atoms with Crippen molar-refractivity contribution in [2.24, 2.45) is 0 Å². The minimum atomic E-state index is -0.284. The maximum absolute atomic E-state index is 13.1. The molecule has 0 atom stereocenters. The van der Waals surface area contributed by atoms with E-state index in [9.17, 15) is 9.18 Å². The van der Waals surface area contributed by atoms with E-state index in [1.54, 1.807) is 29.7 Å². The second-order valence-electron chi connectivity index (χ2n) is 6.96. The summed E-state index contributed by atoms with van der Waals surface area (Å²) >= 11 is 1.35. The van der Waals surface area contributed by atoms with Crippen LogP contribution in [0.25, 0.3) is 22.1 Å². The molecular weight excluding hydrogens is 415 g/mol. The summed E-state index contributed by atoms with van der Waals surface area (Å²) in [5.41, 5.74) is 3.19. The Morgan fingerprint density at radius 1 is 1.06 bits per heavy atom. The van der Waals surface area contributed by atoms with Gasteiger partial charge in [0.1, 0.15) is 12.4 Å². The van der Waals surface area contributed by atoms with Crippen LogP contribution >= 0.6 is 11.3 Å². The van der Waals surface area contributed by atoms with Gasteiger partial charge >= 0.3 is 0 Å². The zero-order valence-electron chi connectivity index (χ0n) is 16.5. The van der Waals surface area contributed by atoms with E-state index in [1.165, 1.54) is 23.5 Å². The lowest BCUT2D eigenvalue weighted by Crippen LogP contribution is -2.22. The molecule has 0 aliphatic carbocycles. The average molecular weight is 432 g/mol. The molecule has 0 radical (unpaired) electrons. The molecular formula is C24H17FN2O3S. The van der Waals surface area contributed by atoms with Gasteiger partial charge in [-0.05, 0) is 53.6 Å². The Labute approximate surface area is 180 Å². The van der Waals surface area contributed by atoms with Gasteiger partial charge in [0.25, 0.3) is 5.56 Å². The van der Waals surface area contributed by atoms with Crippen LogP contribution < -0.4 is 19.6 Å². The Morgan fingerprint density at radius 2 is 1.87 bits per heavy atom. The molecule has 0 aliphatic heterocycles. The summed E-state index contributed by atoms with van der Waals surface area (Å²) in [6.07, 6.45) is 1.82. The number of fused-ring (bicyclic) bond motifs is 3. The summed E-state index contributed by atoms with van der Waals surface area (Å²) in [6, 6.07) is 19.2. The molecule has 31 heavy (non-hydrogen) atoms. The van der Waals surface area contributed by atoms with Crippen LogP contribution in [0, 0.1) is 5.82 Å². The van der Waals surface area contributed by atoms with E-state index < -0.39 is 0 Å². The fourth-order valence-electron chi connectivity index (χ4n) is 3.40. The highest BCUT2D eigenvalue weighted by Gasteiger charge is 2.11. The first kappa shape index (κ1) is 19.3. The van der Waals surface area contributed by atoms with Crippen LogP contribution in [0.1, 0.15) is 11.1 Å². The van der Waals surface area contributed by atoms with E-state index in [4.69, 9.17) is 9.47 Å². The topological polar surface area (TPSA) is 52.8 Å². The normalized spacial score (nSPS) is 12.0. The van der Waals surface area contributed by atoms with Gasteiger partial charge in [-0.3, -0.25) is 4.79 Å². The SMILES string of the molecule is COc1cc(C=c2sc3nc4ccccc4n3c2=O)ccc1OCc1ccc(F)cc1. The van der Waals surface area contributed by atoms with Crippen LogP contribution in [-0.4, -0.2) is 16.5 Å². The summed E-state index contributed by atoms with van der Waals surface area (Å²) in [5, 5.41) is 0. The Morgan fingerprint density at radius 3 is 2.68 bits per heavy atom. The maximum atomic E-state index is 13.1. The molecule has 0 fully saturated rings. The highest BCUT2D eigenvalue weighted by Crippen LogP contribution is 2.29. The van der Waals surface area contributed by atoms with Crippen LogP contribution in [0.15, 0.2) is 71.5 Å². The Bertz CT molecular complexity index is 1510. The van der Waals surface area contributed by atoms with E-state index in [1.807, 2.05) is 42.5 Å². The fraction of sp³-hybridized carbons (Fsp3) is 0.0833. The zero-order chi connectivity index (χ0) is 21.4. The Hall–Kier alpha value is -3.71. The number of halogens is 1. The van der Waals surface area contributed by atoms with Crippen LogP contribution in [0.4, 0.5) is 4.39 Å². The van der Waals surface area contributed by atoms with Crippen molar-refractivity contribution < 1.29 is 13.9 Å². The highest BCUT2D eigenvalue weighted by atomic mass is 32.1. The van der Waals surface area contributed by atoms with Gasteiger partial charge in [-0.1, -0.05) is 41.7 Å². The number of nitrogens with zero attached hydrogens (tertiary/aromatic N) is 2. The maximum Gasteiger partial charge on any atom is 0.274 e. The van der Waals surface area contributed by atoms with E-state index in [2.05, 4.69) is 4.98 Å². The molecule has 0 bridgehead atoms. The zero-order valence-corrected chi connectivity index (χ0v) is 17.4. The van der Waals surface area contributed by atoms with E-state index in [0.29, 0.717) is 27.6 Å². The Balaban J connectivity index is 1.46. The molecule has 154 valence electrons. The summed E-state index contributed by atoms with van der Waals surface area (Å²) in [6.45, 7) is 0.291. The molecule has 0 spiro atoms. The number of thiazole rings is 1. The number of hydrogen-bond acceptors (Lipinski definition) is 5. The summed E-state index contributed by atoms with van der Waals surface area (Å²) in [7, 11) is 1.56. The molecule has 2 aromatic heterocycles. The van der Waals surface area contributed by atoms with Gasteiger partial charge in [-0.2, -0.15) is 0 Å². The molecule has 0 N–H and O–H groups in total. The van der Waals surface area contributed by atoms with Crippen molar-refractivity contribution in [2.45, 2.75) is 6.61 Å². The third-order valence-electron chi connectivity index (χ3n) is 4.94. The number of ether oxygens (including phenoxy) is 2. The average Bonchev–Trinajstić information content (AvgIpc) is 3.30. The Kier molecular flexibility index (Phi) is 4.88. The molecule has 0 aliphatic rings. The van der Waals surface area contributed by atoms with Gasteiger partial charge in [0.2, 0.25) is 0 Å². The van der Waals surface area contributed by atoms with Crippen molar-refractivity contribution in [2.75, 3.05) is 7.11 Å². The number of methoxy groups -OCH3 is 1. The first-order chi connectivity index (χ1) is 15.1. The first-order valence-corrected chi connectivity index (χ1v) is 10.4. The van der Waals surface area contributed by atoms with Crippen molar-refractivity contribution in [3.05, 3.63) is 98.6 Å². The second-order valence-corrected chi connectivity index (χ2v) is 7.97. The smallest absolute Gasteiger partial charge is 0.274 e. The lowest BCUT2D eigenvalue weighted by molar-refractivity contribution is 0.284. The molecule has 0 amide bonds. The predicted molar refractivity (Wildman–Crippen MR) is 119 cm³/mol. The number of rotatable bonds is 5. The predicted octanol–water partition coefficient (Wildman–Crippen LogP) is 4.18. The lowest BCUT2D eigenvalue weighted by Gasteiger charge is -2.11. The molecule has 0 saturated heterocycles. The number of imidazole rings is 1. The second kappa shape index (κ2) is 7.85. The van der Waals surface area contributed by atoms with Gasteiger partial charge in [-0.15, -0.1) is 0 Å². The van der Waals surface area contributed by atoms with Crippen molar-refractivity contribution in [1.29, 1.82) is 0 Å². The minimum absolute atomic E-state index is 0.0932. The molecule has 7 heteroatoms. The van der Waals surface area contributed by atoms with Gasteiger partial charge in [0.15, 0.2) is 16.5 Å². The van der Waals surface area contributed by atoms with Gasteiger partial charge in [0.05, 0.1) is 22.7 Å². The van der Waals surface area contributed by atoms with Crippen molar-refractivity contribution in [3.63, 3.8) is 0 Å². The third-order valence-corrected chi connectivity index (χ3v) is 5.91.